The first kappa shape index (κ1) is 12.7. The van der Waals surface area contributed by atoms with Gasteiger partial charge in [0.05, 0.1) is 17.9 Å². The molecule has 0 saturated heterocycles. The van der Waals surface area contributed by atoms with Crippen LogP contribution in [0.5, 0.6) is 0 Å². The molecule has 0 saturated carbocycles. The molecule has 1 atom stereocenters. The minimum absolute atomic E-state index is 0.134. The zero-order valence-corrected chi connectivity index (χ0v) is 9.62. The number of hydrogen-bond acceptors (Lipinski definition) is 4. The van der Waals surface area contributed by atoms with Gasteiger partial charge in [0, 0.05) is 19.6 Å². The third kappa shape index (κ3) is 4.04. The number of hydrogen-bond donors (Lipinski definition) is 3. The lowest BCUT2D eigenvalue weighted by molar-refractivity contribution is 0.0952. The molecule has 1 heterocycles. The monoisotopic (exact) mass is 226 g/mol. The summed E-state index contributed by atoms with van der Waals surface area (Å²) in [5.74, 6) is 0.486. The SMILES string of the molecule is Cc1occc1C(=O)NCCNCC(C)O. The quantitative estimate of drug-likeness (QED) is 0.609. The van der Waals surface area contributed by atoms with Gasteiger partial charge in [-0.3, -0.25) is 4.79 Å². The van der Waals surface area contributed by atoms with Crippen molar-refractivity contribution in [2.45, 2.75) is 20.0 Å². The number of aliphatic hydroxyl groups is 1. The number of nitrogens with one attached hydrogen (secondary N) is 2. The van der Waals surface area contributed by atoms with Crippen LogP contribution in [0, 0.1) is 6.92 Å². The van der Waals surface area contributed by atoms with Gasteiger partial charge in [-0.1, -0.05) is 0 Å². The van der Waals surface area contributed by atoms with Crippen LogP contribution in [0.3, 0.4) is 0 Å². The average Bonchev–Trinajstić information content (AvgIpc) is 2.63. The fourth-order valence-electron chi connectivity index (χ4n) is 1.29. The van der Waals surface area contributed by atoms with Gasteiger partial charge in [0.1, 0.15) is 5.76 Å². The van der Waals surface area contributed by atoms with Gasteiger partial charge in [-0.25, -0.2) is 0 Å². The van der Waals surface area contributed by atoms with Crippen molar-refractivity contribution in [3.63, 3.8) is 0 Å². The Morgan fingerprint density at radius 2 is 2.31 bits per heavy atom. The molecule has 1 unspecified atom stereocenters. The fourth-order valence-corrected chi connectivity index (χ4v) is 1.29. The Balaban J connectivity index is 2.19. The van der Waals surface area contributed by atoms with Crippen molar-refractivity contribution >= 4 is 5.91 Å². The van der Waals surface area contributed by atoms with Crippen LogP contribution in [0.4, 0.5) is 0 Å². The van der Waals surface area contributed by atoms with E-state index in [4.69, 9.17) is 9.52 Å². The van der Waals surface area contributed by atoms with Crippen LogP contribution in [0.2, 0.25) is 0 Å². The molecule has 0 aliphatic carbocycles. The number of furan rings is 1. The number of carbonyl (C=O) groups excluding carboxylic acids is 1. The van der Waals surface area contributed by atoms with E-state index in [9.17, 15) is 4.79 Å². The highest BCUT2D eigenvalue weighted by molar-refractivity contribution is 5.94. The third-order valence-corrected chi connectivity index (χ3v) is 2.13. The first-order valence-corrected chi connectivity index (χ1v) is 5.32. The molecule has 0 spiro atoms. The summed E-state index contributed by atoms with van der Waals surface area (Å²) in [7, 11) is 0. The maximum Gasteiger partial charge on any atom is 0.254 e. The maximum absolute atomic E-state index is 11.6. The van der Waals surface area contributed by atoms with E-state index in [2.05, 4.69) is 10.6 Å². The van der Waals surface area contributed by atoms with Crippen LogP contribution in [-0.4, -0.2) is 36.8 Å². The summed E-state index contributed by atoms with van der Waals surface area (Å²) in [6.07, 6.45) is 1.13. The van der Waals surface area contributed by atoms with Gasteiger partial charge >= 0.3 is 0 Å². The zero-order valence-electron chi connectivity index (χ0n) is 9.62. The topological polar surface area (TPSA) is 74.5 Å². The van der Waals surface area contributed by atoms with Gasteiger partial charge in [-0.15, -0.1) is 0 Å². The Morgan fingerprint density at radius 1 is 1.56 bits per heavy atom. The molecule has 0 bridgehead atoms. The molecule has 1 aromatic heterocycles. The van der Waals surface area contributed by atoms with Crippen molar-refractivity contribution in [2.24, 2.45) is 0 Å². The number of rotatable bonds is 6. The highest BCUT2D eigenvalue weighted by atomic mass is 16.3. The summed E-state index contributed by atoms with van der Waals surface area (Å²) in [5, 5.41) is 14.8. The molecule has 90 valence electrons. The lowest BCUT2D eigenvalue weighted by atomic mass is 10.2. The van der Waals surface area contributed by atoms with Crippen molar-refractivity contribution in [3.8, 4) is 0 Å². The molecule has 0 aliphatic heterocycles. The number of aryl methyl sites for hydroxylation is 1. The summed E-state index contributed by atoms with van der Waals surface area (Å²) in [4.78, 5) is 11.6. The molecule has 3 N–H and O–H groups in total. The molecule has 0 aliphatic rings. The number of amides is 1. The Kier molecular flexibility index (Phi) is 5.01. The normalized spacial score (nSPS) is 12.4. The van der Waals surface area contributed by atoms with Crippen LogP contribution < -0.4 is 10.6 Å². The van der Waals surface area contributed by atoms with Crippen LogP contribution in [0.25, 0.3) is 0 Å². The van der Waals surface area contributed by atoms with E-state index in [0.29, 0.717) is 31.0 Å². The largest absolute Gasteiger partial charge is 0.469 e. The molecular weight excluding hydrogens is 208 g/mol. The summed E-state index contributed by atoms with van der Waals surface area (Å²) < 4.78 is 5.04. The van der Waals surface area contributed by atoms with Gasteiger partial charge in [0.2, 0.25) is 0 Å². The minimum Gasteiger partial charge on any atom is -0.469 e. The van der Waals surface area contributed by atoms with Crippen molar-refractivity contribution < 1.29 is 14.3 Å². The van der Waals surface area contributed by atoms with Gasteiger partial charge in [0.15, 0.2) is 0 Å². The number of carbonyl (C=O) groups is 1. The molecule has 5 heteroatoms. The van der Waals surface area contributed by atoms with E-state index < -0.39 is 0 Å². The van der Waals surface area contributed by atoms with Crippen LogP contribution in [-0.2, 0) is 0 Å². The van der Waals surface area contributed by atoms with Gasteiger partial charge in [0.25, 0.3) is 5.91 Å². The Labute approximate surface area is 94.8 Å². The summed E-state index contributed by atoms with van der Waals surface area (Å²) >= 11 is 0. The Bertz CT molecular complexity index is 334. The van der Waals surface area contributed by atoms with E-state index in [0.717, 1.165) is 0 Å². The molecule has 16 heavy (non-hydrogen) atoms. The standard InChI is InChI=1S/C11H18N2O3/c1-8(14)7-12-4-5-13-11(15)10-3-6-16-9(10)2/h3,6,8,12,14H,4-5,7H2,1-2H3,(H,13,15). The Hall–Kier alpha value is -1.33. The molecule has 0 fully saturated rings. The predicted molar refractivity (Wildman–Crippen MR) is 60.3 cm³/mol. The van der Waals surface area contributed by atoms with E-state index in [-0.39, 0.29) is 12.0 Å². The second-order valence-corrected chi connectivity index (χ2v) is 3.70. The lowest BCUT2D eigenvalue weighted by Crippen LogP contribution is -2.34. The van der Waals surface area contributed by atoms with Gasteiger partial charge in [-0.05, 0) is 19.9 Å². The van der Waals surface area contributed by atoms with Gasteiger partial charge in [-0.2, -0.15) is 0 Å². The van der Waals surface area contributed by atoms with Crippen LogP contribution in [0.15, 0.2) is 16.7 Å². The summed E-state index contributed by atoms with van der Waals surface area (Å²) in [6, 6.07) is 1.65. The van der Waals surface area contributed by atoms with Crippen LogP contribution >= 0.6 is 0 Å². The lowest BCUT2D eigenvalue weighted by Gasteiger charge is -2.07. The first-order valence-electron chi connectivity index (χ1n) is 5.32. The first-order chi connectivity index (χ1) is 7.61. The minimum atomic E-state index is -0.369. The van der Waals surface area contributed by atoms with E-state index >= 15 is 0 Å². The highest BCUT2D eigenvalue weighted by Crippen LogP contribution is 2.07. The van der Waals surface area contributed by atoms with E-state index in [1.807, 2.05) is 0 Å². The number of aliphatic hydroxyl groups excluding tert-OH is 1. The maximum atomic E-state index is 11.6. The Morgan fingerprint density at radius 3 is 2.88 bits per heavy atom. The molecule has 1 amide bonds. The molecule has 0 aromatic carbocycles. The summed E-state index contributed by atoms with van der Waals surface area (Å²) in [6.45, 7) is 5.14. The molecule has 1 aromatic rings. The molecule has 5 nitrogen and oxygen atoms in total. The van der Waals surface area contributed by atoms with Crippen molar-refractivity contribution in [3.05, 3.63) is 23.7 Å². The van der Waals surface area contributed by atoms with Crippen molar-refractivity contribution in [2.75, 3.05) is 19.6 Å². The molecule has 0 radical (unpaired) electrons. The van der Waals surface area contributed by atoms with Crippen molar-refractivity contribution in [1.29, 1.82) is 0 Å². The smallest absolute Gasteiger partial charge is 0.254 e. The van der Waals surface area contributed by atoms with E-state index in [1.54, 1.807) is 19.9 Å². The summed E-state index contributed by atoms with van der Waals surface area (Å²) in [5.41, 5.74) is 0.565. The zero-order chi connectivity index (χ0) is 12.0. The molecular formula is C11H18N2O3. The fraction of sp³-hybridized carbons (Fsp3) is 0.545. The third-order valence-electron chi connectivity index (χ3n) is 2.13. The van der Waals surface area contributed by atoms with Crippen LogP contribution in [0.1, 0.15) is 23.0 Å². The average molecular weight is 226 g/mol. The van der Waals surface area contributed by atoms with Gasteiger partial charge < -0.3 is 20.2 Å². The molecule has 1 rings (SSSR count). The second kappa shape index (κ2) is 6.30. The van der Waals surface area contributed by atoms with Crippen molar-refractivity contribution in [1.82, 2.24) is 10.6 Å². The predicted octanol–water partition coefficient (Wildman–Crippen LogP) is 0.288. The second-order valence-electron chi connectivity index (χ2n) is 3.70. The van der Waals surface area contributed by atoms with E-state index in [1.165, 1.54) is 6.26 Å². The highest BCUT2D eigenvalue weighted by Gasteiger charge is 2.09.